The molecule has 3 N–H and O–H groups in total. The highest BCUT2D eigenvalue weighted by Gasteiger charge is 2.40. The zero-order valence-electron chi connectivity index (χ0n) is 14.8. The van der Waals surface area contributed by atoms with Gasteiger partial charge in [-0.2, -0.15) is 4.31 Å². The number of hydrogen-bond donors (Lipinski definition) is 3. The fourth-order valence-electron chi connectivity index (χ4n) is 3.12. The Morgan fingerprint density at radius 3 is 2.44 bits per heavy atom. The Hall–Kier alpha value is -1.78. The number of halogens is 3. The van der Waals surface area contributed by atoms with E-state index in [0.29, 0.717) is 12.0 Å². The first-order chi connectivity index (χ1) is 12.9. The van der Waals surface area contributed by atoms with Crippen LogP contribution in [0.1, 0.15) is 18.4 Å². The maximum Gasteiger partial charge on any atom is 0.151 e. The SMILES string of the molecule is CNCCCCN1Cc2cc(F)ccc2N(c2c(F)cccc2F)S1(O)O. The Morgan fingerprint density at radius 2 is 1.78 bits per heavy atom. The van der Waals surface area contributed by atoms with Crippen LogP contribution in [0.4, 0.5) is 24.5 Å². The van der Waals surface area contributed by atoms with E-state index in [1.54, 1.807) is 0 Å². The van der Waals surface area contributed by atoms with Crippen molar-refractivity contribution in [1.29, 1.82) is 0 Å². The molecule has 0 aliphatic carbocycles. The predicted octanol–water partition coefficient (Wildman–Crippen LogP) is 4.64. The highest BCUT2D eigenvalue weighted by Crippen LogP contribution is 2.59. The van der Waals surface area contributed by atoms with Gasteiger partial charge in [0.25, 0.3) is 0 Å². The van der Waals surface area contributed by atoms with Gasteiger partial charge < -0.3 is 5.32 Å². The van der Waals surface area contributed by atoms with E-state index in [9.17, 15) is 22.3 Å². The molecule has 2 aromatic rings. The van der Waals surface area contributed by atoms with Gasteiger partial charge in [-0.1, -0.05) is 6.07 Å². The van der Waals surface area contributed by atoms with E-state index in [4.69, 9.17) is 0 Å². The van der Waals surface area contributed by atoms with E-state index in [-0.39, 0.29) is 18.8 Å². The van der Waals surface area contributed by atoms with Crippen LogP contribution >= 0.6 is 11.0 Å². The zero-order chi connectivity index (χ0) is 19.6. The molecule has 0 saturated carbocycles. The maximum atomic E-state index is 14.4. The molecule has 1 heterocycles. The van der Waals surface area contributed by atoms with Crippen LogP contribution in [0, 0.1) is 17.5 Å². The number of nitrogens with one attached hydrogen (secondary N) is 1. The minimum atomic E-state index is -3.73. The van der Waals surface area contributed by atoms with Gasteiger partial charge in [0.15, 0.2) is 11.6 Å². The van der Waals surface area contributed by atoms with Crippen molar-refractivity contribution in [3.63, 3.8) is 0 Å². The molecular formula is C18H22F3N3O2S. The smallest absolute Gasteiger partial charge is 0.151 e. The Bertz CT molecular complexity index is 802. The minimum absolute atomic E-state index is 0.0710. The molecule has 9 heteroatoms. The number of nitrogens with zero attached hydrogens (tertiary/aromatic N) is 2. The second-order valence-electron chi connectivity index (χ2n) is 6.30. The van der Waals surface area contributed by atoms with Crippen molar-refractivity contribution in [3.8, 4) is 0 Å². The average Bonchev–Trinajstić information content (AvgIpc) is 2.61. The van der Waals surface area contributed by atoms with Gasteiger partial charge in [0, 0.05) is 13.1 Å². The molecule has 0 radical (unpaired) electrons. The summed E-state index contributed by atoms with van der Waals surface area (Å²) in [5, 5.41) is 3.00. The summed E-state index contributed by atoms with van der Waals surface area (Å²) in [6.45, 7) is 1.11. The fourth-order valence-corrected chi connectivity index (χ4v) is 4.90. The van der Waals surface area contributed by atoms with E-state index >= 15 is 0 Å². The fraction of sp³-hybridized carbons (Fsp3) is 0.333. The van der Waals surface area contributed by atoms with Crippen molar-refractivity contribution in [2.24, 2.45) is 0 Å². The van der Waals surface area contributed by atoms with E-state index < -0.39 is 34.1 Å². The number of anilines is 2. The summed E-state index contributed by atoms with van der Waals surface area (Å²) in [6, 6.07) is 6.97. The largest absolute Gasteiger partial charge is 0.320 e. The number of fused-ring (bicyclic) bond motifs is 1. The molecule has 0 atom stereocenters. The second-order valence-corrected chi connectivity index (χ2v) is 8.16. The Kier molecular flexibility index (Phi) is 5.97. The lowest BCUT2D eigenvalue weighted by atomic mass is 10.1. The van der Waals surface area contributed by atoms with Crippen molar-refractivity contribution >= 4 is 22.3 Å². The summed E-state index contributed by atoms with van der Waals surface area (Å²) in [6.07, 6.45) is 1.42. The molecule has 0 unspecified atom stereocenters. The molecule has 1 aliphatic rings. The maximum absolute atomic E-state index is 14.4. The summed E-state index contributed by atoms with van der Waals surface area (Å²) < 4.78 is 66.7. The number of benzene rings is 2. The van der Waals surface area contributed by atoms with Crippen molar-refractivity contribution in [1.82, 2.24) is 9.62 Å². The Balaban J connectivity index is 2.06. The standard InChI is InChI=1S/C18H22F3N3O2S/c1-22-9-2-3-10-23-12-13-11-14(19)7-8-17(13)24(27(23,25)26)18-15(20)5-4-6-16(18)21/h4-8,11,22,25-26H,2-3,9-10,12H2,1H3. The van der Waals surface area contributed by atoms with Gasteiger partial charge in [0.1, 0.15) is 11.5 Å². The molecule has 0 amide bonds. The number of rotatable bonds is 6. The third kappa shape index (κ3) is 3.92. The summed E-state index contributed by atoms with van der Waals surface area (Å²) >= 11 is 0. The molecule has 0 aromatic heterocycles. The monoisotopic (exact) mass is 401 g/mol. The van der Waals surface area contributed by atoms with Crippen LogP contribution in [-0.2, 0) is 6.54 Å². The first-order valence-corrected chi connectivity index (χ1v) is 10.0. The zero-order valence-corrected chi connectivity index (χ0v) is 15.6. The molecule has 2 aromatic carbocycles. The van der Waals surface area contributed by atoms with Crippen LogP contribution < -0.4 is 9.62 Å². The van der Waals surface area contributed by atoms with Gasteiger partial charge in [-0.15, -0.1) is 0 Å². The molecule has 148 valence electrons. The third-order valence-corrected chi connectivity index (χ3v) is 6.30. The van der Waals surface area contributed by atoms with Crippen molar-refractivity contribution in [3.05, 3.63) is 59.4 Å². The first kappa shape index (κ1) is 20.0. The van der Waals surface area contributed by atoms with Gasteiger partial charge in [-0.05, 0) is 73.3 Å². The van der Waals surface area contributed by atoms with E-state index in [1.807, 2.05) is 7.05 Å². The quantitative estimate of drug-likeness (QED) is 0.616. The lowest BCUT2D eigenvalue weighted by Gasteiger charge is -2.53. The molecule has 0 spiro atoms. The summed E-state index contributed by atoms with van der Waals surface area (Å²) in [5.74, 6) is -2.36. The van der Waals surface area contributed by atoms with Crippen molar-refractivity contribution in [2.75, 3.05) is 24.4 Å². The summed E-state index contributed by atoms with van der Waals surface area (Å²) in [4.78, 5) is 0. The minimum Gasteiger partial charge on any atom is -0.320 e. The van der Waals surface area contributed by atoms with E-state index in [1.165, 1.54) is 22.5 Å². The Labute approximate surface area is 158 Å². The van der Waals surface area contributed by atoms with Gasteiger partial charge in [0.05, 0.1) is 5.69 Å². The highest BCUT2D eigenvalue weighted by molar-refractivity contribution is 8.23. The predicted molar refractivity (Wildman–Crippen MR) is 101 cm³/mol. The van der Waals surface area contributed by atoms with Gasteiger partial charge >= 0.3 is 0 Å². The van der Waals surface area contributed by atoms with E-state index in [0.717, 1.165) is 35.5 Å². The van der Waals surface area contributed by atoms with Crippen LogP contribution in [-0.4, -0.2) is 33.5 Å². The normalized spacial score (nSPS) is 17.6. The van der Waals surface area contributed by atoms with Gasteiger partial charge in [-0.25, -0.2) is 17.5 Å². The van der Waals surface area contributed by atoms with Crippen LogP contribution in [0.3, 0.4) is 0 Å². The molecular weight excluding hydrogens is 379 g/mol. The summed E-state index contributed by atoms with van der Waals surface area (Å²) in [5.41, 5.74) is 0.0367. The highest BCUT2D eigenvalue weighted by atomic mass is 32.3. The topological polar surface area (TPSA) is 59.0 Å². The molecule has 0 bridgehead atoms. The third-order valence-electron chi connectivity index (χ3n) is 4.42. The lowest BCUT2D eigenvalue weighted by molar-refractivity contribution is 0.328. The molecule has 27 heavy (non-hydrogen) atoms. The van der Waals surface area contributed by atoms with Crippen LogP contribution in [0.25, 0.3) is 0 Å². The molecule has 3 rings (SSSR count). The van der Waals surface area contributed by atoms with Crippen LogP contribution in [0.15, 0.2) is 36.4 Å². The van der Waals surface area contributed by atoms with Gasteiger partial charge in [-0.3, -0.25) is 9.11 Å². The van der Waals surface area contributed by atoms with Gasteiger partial charge in [0.2, 0.25) is 0 Å². The molecule has 1 aliphatic heterocycles. The number of para-hydroxylation sites is 1. The van der Waals surface area contributed by atoms with E-state index in [2.05, 4.69) is 5.32 Å². The Morgan fingerprint density at radius 1 is 1.07 bits per heavy atom. The molecule has 0 fully saturated rings. The van der Waals surface area contributed by atoms with Crippen LogP contribution in [0.5, 0.6) is 0 Å². The number of hydrogen-bond acceptors (Lipinski definition) is 5. The first-order valence-electron chi connectivity index (χ1n) is 8.57. The molecule has 5 nitrogen and oxygen atoms in total. The number of unbranched alkanes of at least 4 members (excludes halogenated alkanes) is 1. The second kappa shape index (κ2) is 8.07. The summed E-state index contributed by atoms with van der Waals surface area (Å²) in [7, 11) is -1.92. The van der Waals surface area contributed by atoms with Crippen molar-refractivity contribution in [2.45, 2.75) is 19.4 Å². The van der Waals surface area contributed by atoms with Crippen LogP contribution in [0.2, 0.25) is 0 Å². The average molecular weight is 401 g/mol. The lowest BCUT2D eigenvalue weighted by Crippen LogP contribution is -2.42. The van der Waals surface area contributed by atoms with Crippen molar-refractivity contribution < 1.29 is 22.3 Å². The molecule has 0 saturated heterocycles.